The van der Waals surface area contributed by atoms with Crippen LogP contribution in [0.5, 0.6) is 11.5 Å². The molecule has 1 unspecified atom stereocenters. The third-order valence-corrected chi connectivity index (χ3v) is 5.45. The predicted octanol–water partition coefficient (Wildman–Crippen LogP) is 5.17. The van der Waals surface area contributed by atoms with Crippen LogP contribution in [0.1, 0.15) is 93.1 Å². The maximum absolute atomic E-state index is 12.6. The van der Waals surface area contributed by atoms with Crippen molar-refractivity contribution in [2.24, 2.45) is 10.8 Å². The lowest BCUT2D eigenvalue weighted by Crippen LogP contribution is -2.43. The van der Waals surface area contributed by atoms with Gasteiger partial charge in [-0.1, -0.05) is 61.0 Å². The SMILES string of the molecule is CCCCC(=O)OC(C)CN[C@@H](Cc1ccc(OC(=O)CC(C)(C)C)c(OC(=O)CC(C)(C)C)c1)C(=O)OC. The van der Waals surface area contributed by atoms with Gasteiger partial charge >= 0.3 is 23.9 Å². The normalized spacial score (nSPS) is 13.3. The standard InChI is InChI=1S/C30H47NO8/c1-10-11-12-25(32)37-20(2)19-31-22(28(35)36-9)15-21-13-14-23(38-26(33)17-29(3,4)5)24(16-21)39-27(34)18-30(6,7)8/h13-14,16,20,22,31H,10-12,15,17-19H2,1-9H3/t20?,22-/m0/s1. The van der Waals surface area contributed by atoms with Crippen LogP contribution in [0.15, 0.2) is 18.2 Å². The minimum atomic E-state index is -0.751. The third kappa shape index (κ3) is 14.7. The second-order valence-corrected chi connectivity index (χ2v) is 12.3. The fourth-order valence-electron chi connectivity index (χ4n) is 3.60. The van der Waals surface area contributed by atoms with Crippen LogP contribution >= 0.6 is 0 Å². The molecule has 0 aliphatic carbocycles. The Labute approximate surface area is 233 Å². The molecular formula is C30H47NO8. The highest BCUT2D eigenvalue weighted by atomic mass is 16.6. The van der Waals surface area contributed by atoms with Crippen molar-refractivity contribution in [3.8, 4) is 11.5 Å². The molecule has 1 aromatic carbocycles. The quantitative estimate of drug-likeness (QED) is 0.248. The van der Waals surface area contributed by atoms with Crippen molar-refractivity contribution in [2.45, 2.75) is 106 Å². The molecule has 220 valence electrons. The molecule has 9 nitrogen and oxygen atoms in total. The molecule has 0 aromatic heterocycles. The van der Waals surface area contributed by atoms with E-state index in [2.05, 4.69) is 5.32 Å². The lowest BCUT2D eigenvalue weighted by Gasteiger charge is -2.21. The molecule has 1 rings (SSSR count). The molecule has 0 aliphatic heterocycles. The molecule has 0 saturated heterocycles. The predicted molar refractivity (Wildman–Crippen MR) is 148 cm³/mol. The summed E-state index contributed by atoms with van der Waals surface area (Å²) in [7, 11) is 1.29. The second-order valence-electron chi connectivity index (χ2n) is 12.3. The Morgan fingerprint density at radius 2 is 1.44 bits per heavy atom. The molecule has 0 saturated carbocycles. The monoisotopic (exact) mass is 549 g/mol. The van der Waals surface area contributed by atoms with Crippen LogP contribution in [0.25, 0.3) is 0 Å². The van der Waals surface area contributed by atoms with Crippen molar-refractivity contribution < 1.29 is 38.1 Å². The largest absolute Gasteiger partial charge is 0.468 e. The fourth-order valence-corrected chi connectivity index (χ4v) is 3.60. The van der Waals surface area contributed by atoms with Crippen LogP contribution in [0, 0.1) is 10.8 Å². The molecular weight excluding hydrogens is 502 g/mol. The number of hydrogen-bond donors (Lipinski definition) is 1. The summed E-state index contributed by atoms with van der Waals surface area (Å²) >= 11 is 0. The summed E-state index contributed by atoms with van der Waals surface area (Å²) in [5, 5.41) is 3.10. The van der Waals surface area contributed by atoms with E-state index in [0.717, 1.165) is 12.8 Å². The van der Waals surface area contributed by atoms with E-state index in [4.69, 9.17) is 18.9 Å². The van der Waals surface area contributed by atoms with Crippen molar-refractivity contribution >= 4 is 23.9 Å². The van der Waals surface area contributed by atoms with E-state index in [1.165, 1.54) is 7.11 Å². The van der Waals surface area contributed by atoms with Crippen LogP contribution in [0.2, 0.25) is 0 Å². The van der Waals surface area contributed by atoms with Crippen molar-refractivity contribution in [1.82, 2.24) is 5.32 Å². The maximum atomic E-state index is 12.6. The first-order valence-corrected chi connectivity index (χ1v) is 13.6. The molecule has 0 radical (unpaired) electrons. The maximum Gasteiger partial charge on any atom is 0.323 e. The van der Waals surface area contributed by atoms with Gasteiger partial charge in [0.05, 0.1) is 20.0 Å². The Morgan fingerprint density at radius 1 is 0.872 bits per heavy atom. The van der Waals surface area contributed by atoms with E-state index in [9.17, 15) is 19.2 Å². The van der Waals surface area contributed by atoms with Crippen LogP contribution in [0.3, 0.4) is 0 Å². The molecule has 2 atom stereocenters. The van der Waals surface area contributed by atoms with Gasteiger partial charge in [-0.3, -0.25) is 19.2 Å². The topological polar surface area (TPSA) is 117 Å². The number of carbonyl (C=O) groups is 4. The summed E-state index contributed by atoms with van der Waals surface area (Å²) in [5.41, 5.74) is 0.0784. The van der Waals surface area contributed by atoms with Crippen molar-refractivity contribution in [2.75, 3.05) is 13.7 Å². The van der Waals surface area contributed by atoms with Gasteiger partial charge in [0.2, 0.25) is 0 Å². The smallest absolute Gasteiger partial charge is 0.323 e. The van der Waals surface area contributed by atoms with Gasteiger partial charge in [0.25, 0.3) is 0 Å². The zero-order valence-corrected chi connectivity index (χ0v) is 25.1. The number of nitrogens with one attached hydrogen (secondary N) is 1. The summed E-state index contributed by atoms with van der Waals surface area (Å²) in [6.45, 7) is 15.5. The number of esters is 4. The molecule has 39 heavy (non-hydrogen) atoms. The number of benzene rings is 1. The summed E-state index contributed by atoms with van der Waals surface area (Å²) in [5.74, 6) is -1.45. The lowest BCUT2D eigenvalue weighted by atomic mass is 9.92. The Bertz CT molecular complexity index is 974. The molecule has 0 fully saturated rings. The van der Waals surface area contributed by atoms with Crippen LogP contribution < -0.4 is 14.8 Å². The van der Waals surface area contributed by atoms with Gasteiger partial charge in [0.15, 0.2) is 11.5 Å². The van der Waals surface area contributed by atoms with Crippen LogP contribution in [-0.2, 0) is 35.1 Å². The number of unbranched alkanes of at least 4 members (excludes halogenated alkanes) is 1. The van der Waals surface area contributed by atoms with Gasteiger partial charge < -0.3 is 24.3 Å². The molecule has 0 bridgehead atoms. The minimum Gasteiger partial charge on any atom is -0.468 e. The van der Waals surface area contributed by atoms with Crippen molar-refractivity contribution in [3.05, 3.63) is 23.8 Å². The molecule has 0 aliphatic rings. The van der Waals surface area contributed by atoms with E-state index >= 15 is 0 Å². The molecule has 0 spiro atoms. The zero-order valence-electron chi connectivity index (χ0n) is 25.1. The van der Waals surface area contributed by atoms with E-state index < -0.39 is 30.1 Å². The Kier molecular flexibility index (Phi) is 13.6. The Morgan fingerprint density at radius 3 is 1.95 bits per heavy atom. The van der Waals surface area contributed by atoms with E-state index in [1.807, 2.05) is 48.5 Å². The number of ether oxygens (including phenoxy) is 4. The van der Waals surface area contributed by atoms with E-state index in [0.29, 0.717) is 12.0 Å². The first-order valence-electron chi connectivity index (χ1n) is 13.6. The third-order valence-electron chi connectivity index (χ3n) is 5.45. The zero-order chi connectivity index (χ0) is 29.8. The Balaban J connectivity index is 3.10. The highest BCUT2D eigenvalue weighted by Crippen LogP contribution is 2.32. The summed E-state index contributed by atoms with van der Waals surface area (Å²) in [4.78, 5) is 49.5. The molecule has 0 heterocycles. The number of hydrogen-bond acceptors (Lipinski definition) is 9. The van der Waals surface area contributed by atoms with Gasteiger partial charge in [0.1, 0.15) is 12.1 Å². The van der Waals surface area contributed by atoms with Gasteiger partial charge in [-0.05, 0) is 48.3 Å². The summed E-state index contributed by atoms with van der Waals surface area (Å²) in [6, 6.07) is 4.10. The van der Waals surface area contributed by atoms with E-state index in [-0.39, 0.29) is 54.1 Å². The second kappa shape index (κ2) is 15.6. The van der Waals surface area contributed by atoms with Crippen molar-refractivity contribution in [3.63, 3.8) is 0 Å². The first kappa shape index (κ1) is 34.1. The average molecular weight is 550 g/mol. The van der Waals surface area contributed by atoms with E-state index in [1.54, 1.807) is 25.1 Å². The lowest BCUT2D eigenvalue weighted by molar-refractivity contribution is -0.148. The number of carbonyl (C=O) groups excluding carboxylic acids is 4. The van der Waals surface area contributed by atoms with Gasteiger partial charge in [-0.2, -0.15) is 0 Å². The minimum absolute atomic E-state index is 0.103. The van der Waals surface area contributed by atoms with Crippen molar-refractivity contribution in [1.29, 1.82) is 0 Å². The molecule has 9 heteroatoms. The molecule has 0 amide bonds. The summed E-state index contributed by atoms with van der Waals surface area (Å²) < 4.78 is 21.5. The summed E-state index contributed by atoms with van der Waals surface area (Å²) in [6.07, 6.45) is 2.10. The highest BCUT2D eigenvalue weighted by molar-refractivity contribution is 5.78. The van der Waals surface area contributed by atoms with Gasteiger partial charge in [-0.25, -0.2) is 0 Å². The highest BCUT2D eigenvalue weighted by Gasteiger charge is 2.25. The van der Waals surface area contributed by atoms with Gasteiger partial charge in [0, 0.05) is 13.0 Å². The fraction of sp³-hybridized carbons (Fsp3) is 0.667. The molecule has 1 N–H and O–H groups in total. The first-order chi connectivity index (χ1) is 18.0. The number of methoxy groups -OCH3 is 1. The molecule has 1 aromatic rings. The number of rotatable bonds is 14. The van der Waals surface area contributed by atoms with Crippen LogP contribution in [0.4, 0.5) is 0 Å². The average Bonchev–Trinajstić information content (AvgIpc) is 2.78. The Hall–Kier alpha value is -2.94. The van der Waals surface area contributed by atoms with Crippen LogP contribution in [-0.4, -0.2) is 49.7 Å². The van der Waals surface area contributed by atoms with Gasteiger partial charge in [-0.15, -0.1) is 0 Å².